The summed E-state index contributed by atoms with van der Waals surface area (Å²) in [4.78, 5) is 0. The number of anilines is 1. The van der Waals surface area contributed by atoms with Gasteiger partial charge in [0, 0.05) is 20.3 Å². The maximum Gasteiger partial charge on any atom is 0.103 e. The molecule has 0 fully saturated rings. The molecule has 1 aromatic carbocycles. The number of hydrogen-bond donors (Lipinski definition) is 1. The predicted octanol–water partition coefficient (Wildman–Crippen LogP) is 3.69. The van der Waals surface area contributed by atoms with Crippen LogP contribution in [0.3, 0.4) is 0 Å². The molecule has 0 saturated carbocycles. The van der Waals surface area contributed by atoms with Gasteiger partial charge in [0.25, 0.3) is 0 Å². The second-order valence-electron chi connectivity index (χ2n) is 5.03. The van der Waals surface area contributed by atoms with Crippen molar-refractivity contribution in [1.29, 1.82) is 5.26 Å². The van der Waals surface area contributed by atoms with E-state index < -0.39 is 0 Å². The zero-order valence-corrected chi connectivity index (χ0v) is 11.8. The molecule has 0 saturated heterocycles. The molecule has 0 aliphatic carbocycles. The van der Waals surface area contributed by atoms with Crippen LogP contribution in [0.2, 0.25) is 5.02 Å². The van der Waals surface area contributed by atoms with Crippen LogP contribution < -0.4 is 5.32 Å². The van der Waals surface area contributed by atoms with Gasteiger partial charge in [-0.05, 0) is 24.0 Å². The van der Waals surface area contributed by atoms with Crippen molar-refractivity contribution in [2.24, 2.45) is 5.41 Å². The molecule has 98 valence electrons. The summed E-state index contributed by atoms with van der Waals surface area (Å²) in [5.41, 5.74) is 1.39. The fourth-order valence-electron chi connectivity index (χ4n) is 1.59. The Kier molecular flexibility index (Phi) is 5.46. The third kappa shape index (κ3) is 4.21. The van der Waals surface area contributed by atoms with Gasteiger partial charge in [0.1, 0.15) is 6.07 Å². The molecule has 0 unspecified atom stereocenters. The highest BCUT2D eigenvalue weighted by Gasteiger charge is 2.18. The summed E-state index contributed by atoms with van der Waals surface area (Å²) in [7, 11) is 1.70. The molecule has 4 heteroatoms. The zero-order valence-electron chi connectivity index (χ0n) is 11.1. The average Bonchev–Trinajstić information content (AvgIpc) is 2.34. The lowest BCUT2D eigenvalue weighted by Gasteiger charge is -2.25. The van der Waals surface area contributed by atoms with E-state index in [9.17, 15) is 0 Å². The molecule has 18 heavy (non-hydrogen) atoms. The predicted molar refractivity (Wildman–Crippen MR) is 74.9 cm³/mol. The van der Waals surface area contributed by atoms with Crippen LogP contribution in [0.15, 0.2) is 18.2 Å². The smallest absolute Gasteiger partial charge is 0.103 e. The number of hydrogen-bond acceptors (Lipinski definition) is 3. The number of ether oxygens (including phenoxy) is 1. The number of rotatable bonds is 6. The van der Waals surface area contributed by atoms with Crippen molar-refractivity contribution in [2.75, 3.05) is 25.6 Å². The van der Waals surface area contributed by atoms with Gasteiger partial charge in [-0.1, -0.05) is 31.5 Å². The van der Waals surface area contributed by atoms with E-state index in [-0.39, 0.29) is 5.41 Å². The second-order valence-corrected chi connectivity index (χ2v) is 5.44. The topological polar surface area (TPSA) is 45.0 Å². The summed E-state index contributed by atoms with van der Waals surface area (Å²) in [6.45, 7) is 5.83. The van der Waals surface area contributed by atoms with Gasteiger partial charge in [0.15, 0.2) is 0 Å². The van der Waals surface area contributed by atoms with Crippen molar-refractivity contribution in [1.82, 2.24) is 0 Å². The SMILES string of the molecule is COCCC(C)(C)CNc1cccc(Cl)c1C#N. The van der Waals surface area contributed by atoms with E-state index in [0.29, 0.717) is 10.6 Å². The van der Waals surface area contributed by atoms with Gasteiger partial charge in [-0.15, -0.1) is 0 Å². The molecule has 0 aliphatic heterocycles. The van der Waals surface area contributed by atoms with Crippen LogP contribution in [0.5, 0.6) is 0 Å². The first-order chi connectivity index (χ1) is 8.50. The molecule has 0 spiro atoms. The van der Waals surface area contributed by atoms with E-state index in [1.165, 1.54) is 0 Å². The molecule has 0 atom stereocenters. The highest BCUT2D eigenvalue weighted by Crippen LogP contribution is 2.26. The standard InChI is InChI=1S/C14H19ClN2O/c1-14(2,7-8-18-3)10-17-13-6-4-5-12(15)11(13)9-16/h4-6,17H,7-8,10H2,1-3H3. The van der Waals surface area contributed by atoms with Crippen LogP contribution in [0, 0.1) is 16.7 Å². The molecular formula is C14H19ClN2O. The first-order valence-corrected chi connectivity index (χ1v) is 6.29. The third-order valence-corrected chi connectivity index (χ3v) is 3.18. The highest BCUT2D eigenvalue weighted by molar-refractivity contribution is 6.32. The van der Waals surface area contributed by atoms with Crippen LogP contribution in [-0.4, -0.2) is 20.3 Å². The molecule has 1 aromatic rings. The molecule has 0 bridgehead atoms. The van der Waals surface area contributed by atoms with Gasteiger partial charge in [-0.25, -0.2) is 0 Å². The van der Waals surface area contributed by atoms with Crippen molar-refractivity contribution < 1.29 is 4.74 Å². The van der Waals surface area contributed by atoms with Crippen molar-refractivity contribution in [3.63, 3.8) is 0 Å². The van der Waals surface area contributed by atoms with Gasteiger partial charge in [0.05, 0.1) is 16.3 Å². The third-order valence-electron chi connectivity index (χ3n) is 2.87. The maximum absolute atomic E-state index is 9.08. The normalized spacial score (nSPS) is 11.1. The number of benzene rings is 1. The minimum atomic E-state index is 0.102. The number of methoxy groups -OCH3 is 1. The van der Waals surface area contributed by atoms with E-state index in [0.717, 1.165) is 25.3 Å². The lowest BCUT2D eigenvalue weighted by atomic mass is 9.89. The Labute approximate surface area is 114 Å². The summed E-state index contributed by atoms with van der Waals surface area (Å²) in [5, 5.41) is 12.9. The summed E-state index contributed by atoms with van der Waals surface area (Å²) < 4.78 is 5.09. The van der Waals surface area contributed by atoms with Gasteiger partial charge >= 0.3 is 0 Å². The molecular weight excluding hydrogens is 248 g/mol. The highest BCUT2D eigenvalue weighted by atomic mass is 35.5. The van der Waals surface area contributed by atoms with E-state index in [1.54, 1.807) is 13.2 Å². The Morgan fingerprint density at radius 2 is 2.17 bits per heavy atom. The van der Waals surface area contributed by atoms with Crippen molar-refractivity contribution >= 4 is 17.3 Å². The summed E-state index contributed by atoms with van der Waals surface area (Å²) in [5.74, 6) is 0. The van der Waals surface area contributed by atoms with Crippen LogP contribution >= 0.6 is 11.6 Å². The molecule has 3 nitrogen and oxygen atoms in total. The maximum atomic E-state index is 9.08. The van der Waals surface area contributed by atoms with Gasteiger partial charge in [-0.2, -0.15) is 5.26 Å². The molecule has 1 rings (SSSR count). The van der Waals surface area contributed by atoms with E-state index in [1.807, 2.05) is 12.1 Å². The first kappa shape index (κ1) is 14.8. The first-order valence-electron chi connectivity index (χ1n) is 5.91. The van der Waals surface area contributed by atoms with Gasteiger partial charge in [0.2, 0.25) is 0 Å². The van der Waals surface area contributed by atoms with Gasteiger partial charge in [-0.3, -0.25) is 0 Å². The summed E-state index contributed by atoms with van der Waals surface area (Å²) in [6, 6.07) is 7.56. The molecule has 0 radical (unpaired) electrons. The Balaban J connectivity index is 2.69. The lowest BCUT2D eigenvalue weighted by molar-refractivity contribution is 0.157. The van der Waals surface area contributed by atoms with E-state index in [4.69, 9.17) is 21.6 Å². The number of nitriles is 1. The zero-order chi connectivity index (χ0) is 13.6. The average molecular weight is 267 g/mol. The fourth-order valence-corrected chi connectivity index (χ4v) is 1.80. The lowest BCUT2D eigenvalue weighted by Crippen LogP contribution is -2.25. The molecule has 0 aromatic heterocycles. The Morgan fingerprint density at radius 3 is 2.78 bits per heavy atom. The number of nitrogens with one attached hydrogen (secondary N) is 1. The quantitative estimate of drug-likeness (QED) is 0.854. The molecule has 0 aliphatic rings. The second kappa shape index (κ2) is 6.63. The van der Waals surface area contributed by atoms with Gasteiger partial charge < -0.3 is 10.1 Å². The van der Waals surface area contributed by atoms with Crippen LogP contribution in [0.1, 0.15) is 25.8 Å². The van der Waals surface area contributed by atoms with Crippen LogP contribution in [0.25, 0.3) is 0 Å². The Morgan fingerprint density at radius 1 is 1.44 bits per heavy atom. The van der Waals surface area contributed by atoms with Crippen LogP contribution in [0.4, 0.5) is 5.69 Å². The van der Waals surface area contributed by atoms with Crippen molar-refractivity contribution in [3.8, 4) is 6.07 Å². The minimum Gasteiger partial charge on any atom is -0.385 e. The molecule has 0 amide bonds. The fraction of sp³-hybridized carbons (Fsp3) is 0.500. The number of nitrogens with zero attached hydrogens (tertiary/aromatic N) is 1. The monoisotopic (exact) mass is 266 g/mol. The minimum absolute atomic E-state index is 0.102. The largest absolute Gasteiger partial charge is 0.385 e. The molecule has 0 heterocycles. The molecule has 1 N–H and O–H groups in total. The van der Waals surface area contributed by atoms with Crippen LogP contribution in [-0.2, 0) is 4.74 Å². The van der Waals surface area contributed by atoms with Crippen molar-refractivity contribution in [2.45, 2.75) is 20.3 Å². The summed E-state index contributed by atoms with van der Waals surface area (Å²) >= 11 is 5.98. The van der Waals surface area contributed by atoms with E-state index in [2.05, 4.69) is 25.2 Å². The van der Waals surface area contributed by atoms with E-state index >= 15 is 0 Å². The Bertz CT molecular complexity index is 438. The Hall–Kier alpha value is -1.24. The summed E-state index contributed by atoms with van der Waals surface area (Å²) in [6.07, 6.45) is 0.957. The van der Waals surface area contributed by atoms with Crippen molar-refractivity contribution in [3.05, 3.63) is 28.8 Å². The number of halogens is 1.